The molecule has 9 heteroatoms. The molecule has 0 aliphatic carbocycles. The summed E-state index contributed by atoms with van der Waals surface area (Å²) in [6, 6.07) is 5.81. The Labute approximate surface area is 182 Å². The number of carbonyl (C=O) groups is 1. The number of unbranched alkanes of at least 4 members (excludes halogenated alkanes) is 1. The molecule has 0 bridgehead atoms. The Morgan fingerprint density at radius 3 is 2.58 bits per heavy atom. The highest BCUT2D eigenvalue weighted by atomic mass is 16.6. The van der Waals surface area contributed by atoms with Crippen LogP contribution in [0.5, 0.6) is 5.75 Å². The van der Waals surface area contributed by atoms with Crippen LogP contribution in [0.4, 0.5) is 10.6 Å². The van der Waals surface area contributed by atoms with E-state index in [1.807, 2.05) is 39.0 Å². The van der Waals surface area contributed by atoms with E-state index in [1.165, 1.54) is 0 Å². The molecule has 0 spiro atoms. The van der Waals surface area contributed by atoms with Gasteiger partial charge in [-0.3, -0.25) is 4.40 Å². The SMILES string of the molecule is COc1ccc2c(c1)nc(NCCCCNC(=O)OC(C)(C)C)c1nnc(C(C)C)n12. The van der Waals surface area contributed by atoms with Gasteiger partial charge in [0.2, 0.25) is 5.65 Å². The van der Waals surface area contributed by atoms with Crippen LogP contribution >= 0.6 is 0 Å². The summed E-state index contributed by atoms with van der Waals surface area (Å²) in [5.74, 6) is 2.53. The van der Waals surface area contributed by atoms with Gasteiger partial charge in [0.1, 0.15) is 17.2 Å². The van der Waals surface area contributed by atoms with Crippen molar-refractivity contribution in [1.29, 1.82) is 0 Å². The first-order valence-corrected chi connectivity index (χ1v) is 10.6. The van der Waals surface area contributed by atoms with Crippen LogP contribution in [0.2, 0.25) is 0 Å². The van der Waals surface area contributed by atoms with Crippen LogP contribution in [0.15, 0.2) is 18.2 Å². The maximum atomic E-state index is 11.7. The number of fused-ring (bicyclic) bond motifs is 3. The van der Waals surface area contributed by atoms with Gasteiger partial charge >= 0.3 is 6.09 Å². The molecule has 0 aliphatic heterocycles. The molecule has 2 N–H and O–H groups in total. The Bertz CT molecular complexity index is 1050. The minimum Gasteiger partial charge on any atom is -0.497 e. The molecule has 0 unspecified atom stereocenters. The van der Waals surface area contributed by atoms with E-state index < -0.39 is 11.7 Å². The highest BCUT2D eigenvalue weighted by Crippen LogP contribution is 2.27. The van der Waals surface area contributed by atoms with Crippen molar-refractivity contribution in [2.45, 2.75) is 59.0 Å². The van der Waals surface area contributed by atoms with Crippen molar-refractivity contribution in [3.63, 3.8) is 0 Å². The van der Waals surface area contributed by atoms with E-state index in [0.717, 1.165) is 35.4 Å². The standard InChI is InChI=1S/C22H32N6O3/c1-14(2)19-26-27-20-18(23-11-7-8-12-24-21(29)31-22(3,4)5)25-16-13-15(30-6)9-10-17(16)28(19)20/h9-10,13-14H,7-8,11-12H2,1-6H3,(H,23,25)(H,24,29). The minimum atomic E-state index is -0.492. The van der Waals surface area contributed by atoms with Crippen LogP contribution in [-0.2, 0) is 4.74 Å². The average molecular weight is 429 g/mol. The lowest BCUT2D eigenvalue weighted by Crippen LogP contribution is -2.33. The van der Waals surface area contributed by atoms with Crippen LogP contribution in [0.1, 0.15) is 59.2 Å². The number of alkyl carbamates (subject to hydrolysis) is 1. The van der Waals surface area contributed by atoms with Gasteiger partial charge in [-0.2, -0.15) is 0 Å². The highest BCUT2D eigenvalue weighted by Gasteiger charge is 2.18. The summed E-state index contributed by atoms with van der Waals surface area (Å²) in [6.45, 7) is 11.0. The van der Waals surface area contributed by atoms with Gasteiger partial charge in [0.25, 0.3) is 0 Å². The van der Waals surface area contributed by atoms with Crippen LogP contribution in [0.3, 0.4) is 0 Å². The second-order valence-corrected chi connectivity index (χ2v) is 8.75. The zero-order chi connectivity index (χ0) is 22.6. The predicted molar refractivity (Wildman–Crippen MR) is 121 cm³/mol. The van der Waals surface area contributed by atoms with E-state index in [1.54, 1.807) is 7.11 Å². The Balaban J connectivity index is 1.69. The molecule has 9 nitrogen and oxygen atoms in total. The third kappa shape index (κ3) is 5.53. The van der Waals surface area contributed by atoms with E-state index in [9.17, 15) is 4.79 Å². The number of hydrogen-bond donors (Lipinski definition) is 2. The quantitative estimate of drug-likeness (QED) is 0.520. The summed E-state index contributed by atoms with van der Waals surface area (Å²) in [4.78, 5) is 16.5. The van der Waals surface area contributed by atoms with Gasteiger partial charge in [-0.15, -0.1) is 10.2 Å². The molecule has 31 heavy (non-hydrogen) atoms. The molecule has 2 heterocycles. The lowest BCUT2D eigenvalue weighted by Gasteiger charge is -2.19. The van der Waals surface area contributed by atoms with Crippen LogP contribution in [-0.4, -0.2) is 51.5 Å². The van der Waals surface area contributed by atoms with Crippen molar-refractivity contribution in [2.24, 2.45) is 0 Å². The topological polar surface area (TPSA) is 103 Å². The maximum absolute atomic E-state index is 11.7. The monoisotopic (exact) mass is 428 g/mol. The Hall–Kier alpha value is -3.10. The van der Waals surface area contributed by atoms with Crippen LogP contribution in [0, 0.1) is 0 Å². The third-order valence-corrected chi connectivity index (χ3v) is 4.64. The molecule has 168 valence electrons. The summed E-state index contributed by atoms with van der Waals surface area (Å²) >= 11 is 0. The number of carbonyl (C=O) groups excluding carboxylic acids is 1. The fourth-order valence-electron chi connectivity index (χ4n) is 3.22. The zero-order valence-electron chi connectivity index (χ0n) is 19.2. The molecule has 0 radical (unpaired) electrons. The van der Waals surface area contributed by atoms with Crippen LogP contribution < -0.4 is 15.4 Å². The molecular formula is C22H32N6O3. The number of nitrogens with one attached hydrogen (secondary N) is 2. The van der Waals surface area contributed by atoms with E-state index >= 15 is 0 Å². The van der Waals surface area contributed by atoms with Crippen molar-refractivity contribution < 1.29 is 14.3 Å². The van der Waals surface area contributed by atoms with E-state index in [4.69, 9.17) is 14.5 Å². The molecule has 0 aliphatic rings. The number of aromatic nitrogens is 4. The number of benzene rings is 1. The van der Waals surface area contributed by atoms with Crippen LogP contribution in [0.25, 0.3) is 16.7 Å². The van der Waals surface area contributed by atoms with Gasteiger partial charge in [-0.1, -0.05) is 13.8 Å². The van der Waals surface area contributed by atoms with E-state index in [0.29, 0.717) is 24.6 Å². The summed E-state index contributed by atoms with van der Waals surface area (Å²) < 4.78 is 12.7. The first-order chi connectivity index (χ1) is 14.7. The summed E-state index contributed by atoms with van der Waals surface area (Å²) in [5.41, 5.74) is 1.96. The number of ether oxygens (including phenoxy) is 2. The number of anilines is 1. The second-order valence-electron chi connectivity index (χ2n) is 8.75. The van der Waals surface area contributed by atoms with Crippen molar-refractivity contribution in [3.8, 4) is 5.75 Å². The first kappa shape index (κ1) is 22.6. The van der Waals surface area contributed by atoms with E-state index in [2.05, 4.69) is 39.1 Å². The van der Waals surface area contributed by atoms with Crippen molar-refractivity contribution in [1.82, 2.24) is 24.9 Å². The Morgan fingerprint density at radius 2 is 1.90 bits per heavy atom. The Kier molecular flexibility index (Phi) is 6.82. The van der Waals surface area contributed by atoms with E-state index in [-0.39, 0.29) is 5.92 Å². The van der Waals surface area contributed by atoms with Crippen molar-refractivity contribution >= 4 is 28.6 Å². The number of amides is 1. The highest BCUT2D eigenvalue weighted by molar-refractivity contribution is 5.84. The third-order valence-electron chi connectivity index (χ3n) is 4.64. The van der Waals surface area contributed by atoms with Gasteiger partial charge < -0.3 is 20.1 Å². The minimum absolute atomic E-state index is 0.217. The van der Waals surface area contributed by atoms with Crippen molar-refractivity contribution in [3.05, 3.63) is 24.0 Å². The molecule has 1 aromatic carbocycles. The van der Waals surface area contributed by atoms with Gasteiger partial charge in [-0.05, 0) is 45.7 Å². The fraction of sp³-hybridized carbons (Fsp3) is 0.545. The smallest absolute Gasteiger partial charge is 0.407 e. The Morgan fingerprint density at radius 1 is 1.16 bits per heavy atom. The molecule has 0 saturated heterocycles. The van der Waals surface area contributed by atoms with Gasteiger partial charge in [0.05, 0.1) is 18.1 Å². The summed E-state index contributed by atoms with van der Waals surface area (Å²) in [7, 11) is 1.64. The van der Waals surface area contributed by atoms with Gasteiger partial charge in [0, 0.05) is 25.1 Å². The lowest BCUT2D eigenvalue weighted by molar-refractivity contribution is 0.0527. The van der Waals surface area contributed by atoms with Gasteiger partial charge in [0.15, 0.2) is 5.82 Å². The number of hydrogen-bond acceptors (Lipinski definition) is 7. The maximum Gasteiger partial charge on any atom is 0.407 e. The summed E-state index contributed by atoms with van der Waals surface area (Å²) in [6.07, 6.45) is 1.27. The first-order valence-electron chi connectivity index (χ1n) is 10.6. The number of rotatable bonds is 8. The average Bonchev–Trinajstić information content (AvgIpc) is 3.14. The molecule has 2 aromatic heterocycles. The predicted octanol–water partition coefficient (Wildman–Crippen LogP) is 4.13. The van der Waals surface area contributed by atoms with Gasteiger partial charge in [-0.25, -0.2) is 9.78 Å². The zero-order valence-corrected chi connectivity index (χ0v) is 19.2. The molecule has 0 atom stereocenters. The van der Waals surface area contributed by atoms with Crippen molar-refractivity contribution in [2.75, 3.05) is 25.5 Å². The molecule has 3 rings (SSSR count). The molecule has 0 saturated carbocycles. The normalized spacial score (nSPS) is 11.8. The number of methoxy groups -OCH3 is 1. The number of nitrogens with zero attached hydrogens (tertiary/aromatic N) is 4. The molecule has 1 amide bonds. The fourth-order valence-corrected chi connectivity index (χ4v) is 3.22. The molecular weight excluding hydrogens is 396 g/mol. The molecule has 3 aromatic rings. The second kappa shape index (κ2) is 9.36. The summed E-state index contributed by atoms with van der Waals surface area (Å²) in [5, 5.41) is 14.9. The molecule has 0 fully saturated rings. The largest absolute Gasteiger partial charge is 0.497 e. The lowest BCUT2D eigenvalue weighted by atomic mass is 10.2.